The van der Waals surface area contributed by atoms with E-state index in [1.54, 1.807) is 14.2 Å². The highest BCUT2D eigenvalue weighted by Gasteiger charge is 2.28. The molecule has 0 saturated heterocycles. The van der Waals surface area contributed by atoms with Crippen molar-refractivity contribution in [1.82, 2.24) is 0 Å². The van der Waals surface area contributed by atoms with Gasteiger partial charge in [0, 0.05) is 14.2 Å². The predicted octanol–water partition coefficient (Wildman–Crippen LogP) is 2.33. The van der Waals surface area contributed by atoms with E-state index in [4.69, 9.17) is 13.6 Å². The molecule has 0 aliphatic rings. The minimum Gasteiger partial charge on any atom is -0.465 e. The SMILES string of the molecule is CCC(C)C(=O)OCCC[Si](C)(OC)OC. The quantitative estimate of drug-likeness (QED) is 0.376. The second-order valence-corrected chi connectivity index (χ2v) is 7.71. The van der Waals surface area contributed by atoms with Crippen molar-refractivity contribution < 1.29 is 18.4 Å². The van der Waals surface area contributed by atoms with Crippen LogP contribution in [0.2, 0.25) is 12.6 Å². The molecule has 5 heteroatoms. The second kappa shape index (κ2) is 7.81. The zero-order valence-corrected chi connectivity index (χ0v) is 12.0. The molecular formula is C11H24O4Si. The Kier molecular flexibility index (Phi) is 7.62. The van der Waals surface area contributed by atoms with Crippen LogP contribution in [0.3, 0.4) is 0 Å². The molecule has 4 nitrogen and oxygen atoms in total. The van der Waals surface area contributed by atoms with Crippen LogP contribution in [0.4, 0.5) is 0 Å². The van der Waals surface area contributed by atoms with Crippen molar-refractivity contribution >= 4 is 14.5 Å². The van der Waals surface area contributed by atoms with Crippen molar-refractivity contribution in [2.45, 2.75) is 39.3 Å². The van der Waals surface area contributed by atoms with Crippen LogP contribution >= 0.6 is 0 Å². The number of hydrogen-bond donors (Lipinski definition) is 0. The predicted molar refractivity (Wildman–Crippen MR) is 65.5 cm³/mol. The molecule has 0 bridgehead atoms. The minimum absolute atomic E-state index is 0.00604. The van der Waals surface area contributed by atoms with E-state index >= 15 is 0 Å². The summed E-state index contributed by atoms with van der Waals surface area (Å²) in [4.78, 5) is 11.4. The van der Waals surface area contributed by atoms with Gasteiger partial charge in [-0.05, 0) is 25.4 Å². The van der Waals surface area contributed by atoms with Gasteiger partial charge in [-0.3, -0.25) is 4.79 Å². The van der Waals surface area contributed by atoms with Crippen LogP contribution in [0.1, 0.15) is 26.7 Å². The Bertz CT molecular complexity index is 204. The van der Waals surface area contributed by atoms with Crippen LogP contribution < -0.4 is 0 Å². The molecule has 0 amide bonds. The third-order valence-corrected chi connectivity index (χ3v) is 5.89. The van der Waals surface area contributed by atoms with Crippen LogP contribution in [0, 0.1) is 5.92 Å². The summed E-state index contributed by atoms with van der Waals surface area (Å²) in [5.41, 5.74) is 0. The van der Waals surface area contributed by atoms with Gasteiger partial charge in [0.1, 0.15) is 0 Å². The molecule has 0 radical (unpaired) electrons. The lowest BCUT2D eigenvalue weighted by Gasteiger charge is -2.22. The lowest BCUT2D eigenvalue weighted by atomic mass is 10.1. The van der Waals surface area contributed by atoms with E-state index in [0.29, 0.717) is 6.61 Å². The first-order valence-corrected chi connectivity index (χ1v) is 8.28. The number of ether oxygens (including phenoxy) is 1. The van der Waals surface area contributed by atoms with E-state index in [-0.39, 0.29) is 11.9 Å². The van der Waals surface area contributed by atoms with Crippen molar-refractivity contribution in [2.24, 2.45) is 5.92 Å². The molecule has 0 rings (SSSR count). The van der Waals surface area contributed by atoms with Gasteiger partial charge in [-0.25, -0.2) is 0 Å². The largest absolute Gasteiger partial charge is 0.465 e. The van der Waals surface area contributed by atoms with Crippen LogP contribution in [0.25, 0.3) is 0 Å². The third kappa shape index (κ3) is 5.63. The van der Waals surface area contributed by atoms with Gasteiger partial charge in [0.05, 0.1) is 12.5 Å². The zero-order chi connectivity index (χ0) is 12.6. The molecule has 0 aromatic heterocycles. The Balaban J connectivity index is 3.71. The standard InChI is InChI=1S/C11H24O4Si/c1-6-10(2)11(12)15-8-7-9-16(5,13-3)14-4/h10H,6-9H2,1-5H3. The van der Waals surface area contributed by atoms with Gasteiger partial charge in [-0.1, -0.05) is 13.8 Å². The number of esters is 1. The van der Waals surface area contributed by atoms with Crippen molar-refractivity contribution in [2.75, 3.05) is 20.8 Å². The van der Waals surface area contributed by atoms with Crippen molar-refractivity contribution in [3.05, 3.63) is 0 Å². The zero-order valence-electron chi connectivity index (χ0n) is 11.0. The molecule has 16 heavy (non-hydrogen) atoms. The summed E-state index contributed by atoms with van der Waals surface area (Å²) in [6.07, 6.45) is 1.62. The Morgan fingerprint density at radius 3 is 2.31 bits per heavy atom. The van der Waals surface area contributed by atoms with E-state index in [1.165, 1.54) is 0 Å². The molecule has 96 valence electrons. The summed E-state index contributed by atoms with van der Waals surface area (Å²) in [6, 6.07) is 0.841. The van der Waals surface area contributed by atoms with E-state index in [2.05, 4.69) is 0 Å². The fourth-order valence-corrected chi connectivity index (χ4v) is 2.52. The van der Waals surface area contributed by atoms with Crippen LogP contribution in [0.5, 0.6) is 0 Å². The van der Waals surface area contributed by atoms with Gasteiger partial charge >= 0.3 is 14.5 Å². The van der Waals surface area contributed by atoms with Gasteiger partial charge in [0.15, 0.2) is 0 Å². The highest BCUT2D eigenvalue weighted by atomic mass is 28.4. The first-order chi connectivity index (χ1) is 7.49. The molecule has 0 aromatic carbocycles. The molecule has 1 atom stereocenters. The molecule has 0 heterocycles. The fraction of sp³-hybridized carbons (Fsp3) is 0.909. The Labute approximate surface area is 99.5 Å². The minimum atomic E-state index is -2.00. The van der Waals surface area contributed by atoms with Crippen molar-refractivity contribution in [1.29, 1.82) is 0 Å². The number of carbonyl (C=O) groups excluding carboxylic acids is 1. The van der Waals surface area contributed by atoms with E-state index in [1.807, 2.05) is 20.4 Å². The average molecular weight is 248 g/mol. The monoisotopic (exact) mass is 248 g/mol. The highest BCUT2D eigenvalue weighted by molar-refractivity contribution is 6.65. The average Bonchev–Trinajstić information content (AvgIpc) is 2.32. The van der Waals surface area contributed by atoms with E-state index in [9.17, 15) is 4.79 Å². The summed E-state index contributed by atoms with van der Waals surface area (Å²) in [5, 5.41) is 0. The summed E-state index contributed by atoms with van der Waals surface area (Å²) < 4.78 is 15.8. The van der Waals surface area contributed by atoms with Crippen LogP contribution in [-0.4, -0.2) is 35.4 Å². The van der Waals surface area contributed by atoms with Gasteiger partial charge < -0.3 is 13.6 Å². The molecule has 1 unspecified atom stereocenters. The Hall–Kier alpha value is -0.393. The third-order valence-electron chi connectivity index (χ3n) is 2.90. The fourth-order valence-electron chi connectivity index (χ4n) is 1.16. The first kappa shape index (κ1) is 15.6. The lowest BCUT2D eigenvalue weighted by molar-refractivity contribution is -0.148. The molecule has 0 aromatic rings. The molecule has 0 spiro atoms. The normalized spacial score (nSPS) is 13.6. The summed E-state index contributed by atoms with van der Waals surface area (Å²) in [6.45, 7) is 6.32. The molecule has 0 N–H and O–H groups in total. The molecular weight excluding hydrogens is 224 g/mol. The summed E-state index contributed by atoms with van der Waals surface area (Å²) in [7, 11) is 1.34. The topological polar surface area (TPSA) is 44.8 Å². The van der Waals surface area contributed by atoms with Gasteiger partial charge in [-0.2, -0.15) is 0 Å². The maximum atomic E-state index is 11.4. The number of rotatable bonds is 8. The molecule has 0 fully saturated rings. The van der Waals surface area contributed by atoms with Crippen LogP contribution in [0.15, 0.2) is 0 Å². The molecule has 0 aliphatic carbocycles. The van der Waals surface area contributed by atoms with Crippen molar-refractivity contribution in [3.63, 3.8) is 0 Å². The van der Waals surface area contributed by atoms with E-state index in [0.717, 1.165) is 18.9 Å². The first-order valence-electron chi connectivity index (χ1n) is 5.76. The van der Waals surface area contributed by atoms with Crippen LogP contribution in [-0.2, 0) is 18.4 Å². The molecule has 0 aliphatic heterocycles. The Morgan fingerprint density at radius 1 is 1.31 bits per heavy atom. The second-order valence-electron chi connectivity index (χ2n) is 4.12. The summed E-state index contributed by atoms with van der Waals surface area (Å²) in [5.74, 6) is -0.116. The maximum absolute atomic E-state index is 11.4. The number of carbonyl (C=O) groups is 1. The number of hydrogen-bond acceptors (Lipinski definition) is 4. The smallest absolute Gasteiger partial charge is 0.334 e. The maximum Gasteiger partial charge on any atom is 0.334 e. The highest BCUT2D eigenvalue weighted by Crippen LogP contribution is 2.14. The van der Waals surface area contributed by atoms with Gasteiger partial charge in [0.2, 0.25) is 0 Å². The summed E-state index contributed by atoms with van der Waals surface area (Å²) >= 11 is 0. The van der Waals surface area contributed by atoms with Crippen molar-refractivity contribution in [3.8, 4) is 0 Å². The molecule has 0 saturated carbocycles. The van der Waals surface area contributed by atoms with Gasteiger partial charge in [0.25, 0.3) is 0 Å². The van der Waals surface area contributed by atoms with E-state index < -0.39 is 8.56 Å². The lowest BCUT2D eigenvalue weighted by Crippen LogP contribution is -2.36. The van der Waals surface area contributed by atoms with Gasteiger partial charge in [-0.15, -0.1) is 0 Å². The Morgan fingerprint density at radius 2 is 1.88 bits per heavy atom.